The van der Waals surface area contributed by atoms with Crippen LogP contribution in [0.5, 0.6) is 0 Å². The van der Waals surface area contributed by atoms with Gasteiger partial charge in [0.15, 0.2) is 0 Å². The fraction of sp³-hybridized carbons (Fsp3) is 1.00. The molecule has 4 nitrogen and oxygen atoms in total. The lowest BCUT2D eigenvalue weighted by Gasteiger charge is -2.43. The van der Waals surface area contributed by atoms with Crippen molar-refractivity contribution in [3.63, 3.8) is 0 Å². The summed E-state index contributed by atoms with van der Waals surface area (Å²) in [6.45, 7) is 0. The average molecular weight is 195 g/mol. The largest absolute Gasteiger partial charge is 0.385 e. The standard InChI is InChI=1S/C10H13NO3/c12-10-3-5-8-7(9(10)13-5)4-1-2-6(10)11(4)14-8/h4-9,12H,1-3H2/t4-,5-,6-,7+,8+,9-,10-/m1/s1. The Balaban J connectivity index is 1.81. The van der Waals surface area contributed by atoms with Crippen molar-refractivity contribution in [1.29, 1.82) is 0 Å². The van der Waals surface area contributed by atoms with E-state index in [2.05, 4.69) is 5.06 Å². The third-order valence-corrected chi connectivity index (χ3v) is 5.07. The van der Waals surface area contributed by atoms with Gasteiger partial charge in [0, 0.05) is 18.4 Å². The van der Waals surface area contributed by atoms with E-state index in [9.17, 15) is 5.11 Å². The summed E-state index contributed by atoms with van der Waals surface area (Å²) in [5.74, 6) is 0.456. The zero-order valence-electron chi connectivity index (χ0n) is 7.80. The van der Waals surface area contributed by atoms with Gasteiger partial charge >= 0.3 is 0 Å². The molecule has 0 aromatic carbocycles. The van der Waals surface area contributed by atoms with Crippen molar-refractivity contribution >= 4 is 0 Å². The summed E-state index contributed by atoms with van der Waals surface area (Å²) in [7, 11) is 0. The molecule has 4 heteroatoms. The summed E-state index contributed by atoms with van der Waals surface area (Å²) >= 11 is 0. The molecule has 0 aromatic heterocycles. The second kappa shape index (κ2) is 1.78. The molecule has 0 radical (unpaired) electrons. The molecule has 14 heavy (non-hydrogen) atoms. The predicted octanol–water partition coefficient (Wildman–Crippen LogP) is -0.335. The lowest BCUT2D eigenvalue weighted by Crippen LogP contribution is -2.62. The number of hydrogen-bond acceptors (Lipinski definition) is 4. The van der Waals surface area contributed by atoms with Crippen LogP contribution < -0.4 is 0 Å². The lowest BCUT2D eigenvalue weighted by atomic mass is 9.70. The Morgan fingerprint density at radius 2 is 2.29 bits per heavy atom. The number of piperidine rings is 1. The van der Waals surface area contributed by atoms with E-state index in [0.29, 0.717) is 12.0 Å². The maximum absolute atomic E-state index is 10.6. The smallest absolute Gasteiger partial charge is 0.112 e. The molecule has 8 atom stereocenters. The van der Waals surface area contributed by atoms with Crippen molar-refractivity contribution in [3.05, 3.63) is 0 Å². The highest BCUT2D eigenvalue weighted by atomic mass is 16.7. The molecule has 1 unspecified atom stereocenters. The number of hydroxylamine groups is 2. The van der Waals surface area contributed by atoms with Gasteiger partial charge in [-0.2, -0.15) is 5.06 Å². The molecule has 5 heterocycles. The van der Waals surface area contributed by atoms with Crippen LogP contribution in [0, 0.1) is 5.92 Å². The molecule has 5 fully saturated rings. The maximum Gasteiger partial charge on any atom is 0.112 e. The summed E-state index contributed by atoms with van der Waals surface area (Å²) in [4.78, 5) is 5.93. The normalized spacial score (nSPS) is 76.5. The van der Waals surface area contributed by atoms with E-state index in [1.165, 1.54) is 6.42 Å². The van der Waals surface area contributed by atoms with Crippen LogP contribution in [0.15, 0.2) is 0 Å². The van der Waals surface area contributed by atoms with E-state index < -0.39 is 5.60 Å². The van der Waals surface area contributed by atoms with Crippen molar-refractivity contribution in [2.75, 3.05) is 0 Å². The van der Waals surface area contributed by atoms with Gasteiger partial charge in [-0.05, 0) is 12.8 Å². The van der Waals surface area contributed by atoms with E-state index in [-0.39, 0.29) is 24.4 Å². The van der Waals surface area contributed by atoms with Gasteiger partial charge in [0.25, 0.3) is 0 Å². The Morgan fingerprint density at radius 1 is 1.36 bits per heavy atom. The quantitative estimate of drug-likeness (QED) is 0.574. The van der Waals surface area contributed by atoms with E-state index in [0.717, 1.165) is 12.8 Å². The van der Waals surface area contributed by atoms with E-state index in [1.807, 2.05) is 0 Å². The summed E-state index contributed by atoms with van der Waals surface area (Å²) in [5.41, 5.74) is -0.588. The van der Waals surface area contributed by atoms with Crippen LogP contribution in [0.4, 0.5) is 0 Å². The SMILES string of the molecule is O[C@@]12C[C@H]3O[C@@H]1[C@@H]1[C@H]3ON3[C@@H]1CC[C@@H]32. The summed E-state index contributed by atoms with van der Waals surface area (Å²) < 4.78 is 5.87. The minimum atomic E-state index is -0.588. The molecule has 0 aliphatic carbocycles. The Labute approximate surface area is 81.7 Å². The first-order valence-corrected chi connectivity index (χ1v) is 5.62. The molecule has 1 N–H and O–H groups in total. The van der Waals surface area contributed by atoms with Crippen molar-refractivity contribution in [1.82, 2.24) is 5.06 Å². The molecule has 6 bridgehead atoms. The lowest BCUT2D eigenvalue weighted by molar-refractivity contribution is -0.230. The summed E-state index contributed by atoms with van der Waals surface area (Å²) in [6.07, 6.45) is 3.57. The van der Waals surface area contributed by atoms with Gasteiger partial charge in [0.05, 0.1) is 18.2 Å². The minimum absolute atomic E-state index is 0.0775. The number of fused-ring (bicyclic) bond motifs is 3. The van der Waals surface area contributed by atoms with Crippen LogP contribution in [0.2, 0.25) is 0 Å². The Bertz CT molecular complexity index is 329. The van der Waals surface area contributed by atoms with Gasteiger partial charge in [-0.15, -0.1) is 0 Å². The van der Waals surface area contributed by atoms with E-state index >= 15 is 0 Å². The topological polar surface area (TPSA) is 41.9 Å². The first kappa shape index (κ1) is 7.17. The fourth-order valence-electron chi connectivity index (χ4n) is 4.65. The van der Waals surface area contributed by atoms with Crippen molar-refractivity contribution in [2.24, 2.45) is 5.92 Å². The minimum Gasteiger partial charge on any atom is -0.385 e. The van der Waals surface area contributed by atoms with Gasteiger partial charge < -0.3 is 9.84 Å². The first-order chi connectivity index (χ1) is 6.79. The van der Waals surface area contributed by atoms with E-state index in [1.54, 1.807) is 0 Å². The van der Waals surface area contributed by atoms with Crippen LogP contribution in [-0.4, -0.2) is 46.2 Å². The molecule has 0 spiro atoms. The van der Waals surface area contributed by atoms with Crippen LogP contribution in [0.1, 0.15) is 19.3 Å². The van der Waals surface area contributed by atoms with Crippen LogP contribution in [0.3, 0.4) is 0 Å². The maximum atomic E-state index is 10.6. The predicted molar refractivity (Wildman–Crippen MR) is 45.2 cm³/mol. The average Bonchev–Trinajstić information content (AvgIpc) is 2.75. The Morgan fingerprint density at radius 3 is 3.21 bits per heavy atom. The number of nitrogens with zero attached hydrogens (tertiary/aromatic N) is 1. The fourth-order valence-corrected chi connectivity index (χ4v) is 4.65. The van der Waals surface area contributed by atoms with Gasteiger partial charge in [-0.25, -0.2) is 0 Å². The number of hydrogen-bond donors (Lipinski definition) is 1. The molecule has 5 rings (SSSR count). The van der Waals surface area contributed by atoms with Gasteiger partial charge in [-0.1, -0.05) is 0 Å². The molecule has 5 saturated heterocycles. The molecule has 0 saturated carbocycles. The Kier molecular flexibility index (Phi) is 0.909. The van der Waals surface area contributed by atoms with Gasteiger partial charge in [0.2, 0.25) is 0 Å². The van der Waals surface area contributed by atoms with Crippen molar-refractivity contribution in [3.8, 4) is 0 Å². The van der Waals surface area contributed by atoms with E-state index in [4.69, 9.17) is 9.57 Å². The summed E-state index contributed by atoms with van der Waals surface area (Å²) in [5, 5.41) is 12.8. The molecular formula is C10H13NO3. The Hall–Kier alpha value is -0.160. The molecule has 0 aromatic rings. The zero-order chi connectivity index (χ0) is 9.08. The third-order valence-electron chi connectivity index (χ3n) is 5.07. The number of ether oxygens (including phenoxy) is 1. The highest BCUT2D eigenvalue weighted by molar-refractivity contribution is 5.25. The highest BCUT2D eigenvalue weighted by Gasteiger charge is 2.77. The van der Waals surface area contributed by atoms with Gasteiger partial charge in [-0.3, -0.25) is 4.84 Å². The monoisotopic (exact) mass is 195 g/mol. The summed E-state index contributed by atoms with van der Waals surface area (Å²) in [6, 6.07) is 0.756. The van der Waals surface area contributed by atoms with Crippen molar-refractivity contribution < 1.29 is 14.7 Å². The molecule has 5 aliphatic rings. The van der Waals surface area contributed by atoms with Gasteiger partial charge in [0.1, 0.15) is 11.7 Å². The molecule has 0 amide bonds. The second-order valence-corrected chi connectivity index (χ2v) is 5.46. The zero-order valence-corrected chi connectivity index (χ0v) is 7.80. The number of rotatable bonds is 0. The molecule has 5 aliphatic heterocycles. The molecule has 76 valence electrons. The highest BCUT2D eigenvalue weighted by Crippen LogP contribution is 2.62. The second-order valence-electron chi connectivity index (χ2n) is 5.46. The third kappa shape index (κ3) is 0.480. The number of aliphatic hydroxyl groups is 1. The molecular weight excluding hydrogens is 182 g/mol. The first-order valence-electron chi connectivity index (χ1n) is 5.62. The van der Waals surface area contributed by atoms with Crippen LogP contribution in [-0.2, 0) is 9.57 Å². The van der Waals surface area contributed by atoms with Crippen molar-refractivity contribution in [2.45, 2.75) is 55.3 Å². The van der Waals surface area contributed by atoms with Crippen LogP contribution in [0.25, 0.3) is 0 Å². The van der Waals surface area contributed by atoms with Crippen LogP contribution >= 0.6 is 0 Å².